The second kappa shape index (κ2) is 7.18. The third kappa shape index (κ3) is 3.46. The normalized spacial score (nSPS) is 10.5. The first-order chi connectivity index (χ1) is 12.5. The summed E-state index contributed by atoms with van der Waals surface area (Å²) in [5.74, 6) is -1.47. The molecule has 2 aromatic carbocycles. The molecule has 0 spiro atoms. The number of benzene rings is 2. The van der Waals surface area contributed by atoms with Crippen LogP contribution in [-0.4, -0.2) is 23.8 Å². The summed E-state index contributed by atoms with van der Waals surface area (Å²) in [6.07, 6.45) is -0.792. The van der Waals surface area contributed by atoms with Crippen LogP contribution in [0.5, 0.6) is 11.5 Å². The lowest BCUT2D eigenvalue weighted by Gasteiger charge is -2.04. The van der Waals surface area contributed by atoms with Crippen molar-refractivity contribution in [2.45, 2.75) is 13.8 Å². The van der Waals surface area contributed by atoms with Crippen molar-refractivity contribution in [3.8, 4) is 22.8 Å². The van der Waals surface area contributed by atoms with Crippen molar-refractivity contribution in [1.29, 1.82) is 0 Å². The van der Waals surface area contributed by atoms with Gasteiger partial charge < -0.3 is 19.0 Å². The summed E-state index contributed by atoms with van der Waals surface area (Å²) in [6.45, 7) is 2.97. The van der Waals surface area contributed by atoms with E-state index in [0.29, 0.717) is 5.56 Å². The van der Waals surface area contributed by atoms with Gasteiger partial charge >= 0.3 is 12.1 Å². The summed E-state index contributed by atoms with van der Waals surface area (Å²) >= 11 is 0. The van der Waals surface area contributed by atoms with E-state index < -0.39 is 12.1 Å². The van der Waals surface area contributed by atoms with E-state index in [2.05, 4.69) is 5.32 Å². The summed E-state index contributed by atoms with van der Waals surface area (Å²) in [6, 6.07) is 13.1. The van der Waals surface area contributed by atoms with Crippen LogP contribution in [0, 0.1) is 0 Å². The molecule has 3 rings (SSSR count). The Morgan fingerprint density at radius 1 is 1.15 bits per heavy atom. The number of nitrogens with one attached hydrogen (secondary N) is 1. The minimum atomic E-state index is -0.792. The highest BCUT2D eigenvalue weighted by molar-refractivity contribution is 5.91. The fraction of sp³-hybridized carbons (Fsp3) is 0.158. The minimum Gasteiger partial charge on any atom is -0.502 e. The highest BCUT2D eigenvalue weighted by Gasteiger charge is 2.26. The predicted octanol–water partition coefficient (Wildman–Crippen LogP) is 4.30. The maximum absolute atomic E-state index is 11.7. The monoisotopic (exact) mass is 355 g/mol. The van der Waals surface area contributed by atoms with Crippen LogP contribution in [0.2, 0.25) is 0 Å². The third-order valence-electron chi connectivity index (χ3n) is 3.59. The van der Waals surface area contributed by atoms with Crippen molar-refractivity contribution in [2.75, 3.05) is 11.9 Å². The Bertz CT molecular complexity index is 975. The van der Waals surface area contributed by atoms with Crippen molar-refractivity contribution in [3.63, 3.8) is 0 Å². The summed E-state index contributed by atoms with van der Waals surface area (Å²) in [5.41, 5.74) is 0.562. The second-order valence-corrected chi connectivity index (χ2v) is 5.44. The number of hydrogen-bond donors (Lipinski definition) is 2. The van der Waals surface area contributed by atoms with Crippen molar-refractivity contribution < 1.29 is 28.6 Å². The zero-order valence-corrected chi connectivity index (χ0v) is 14.2. The van der Waals surface area contributed by atoms with Gasteiger partial charge in [0.25, 0.3) is 5.88 Å². The van der Waals surface area contributed by atoms with Crippen LogP contribution in [0.1, 0.15) is 13.8 Å². The highest BCUT2D eigenvalue weighted by Crippen LogP contribution is 2.46. The van der Waals surface area contributed by atoms with Crippen LogP contribution in [0.3, 0.4) is 0 Å². The molecule has 1 aromatic heterocycles. The van der Waals surface area contributed by atoms with E-state index in [9.17, 15) is 14.7 Å². The van der Waals surface area contributed by atoms with E-state index in [0.717, 1.165) is 10.8 Å². The van der Waals surface area contributed by atoms with Gasteiger partial charge in [-0.15, -0.1) is 0 Å². The summed E-state index contributed by atoms with van der Waals surface area (Å²) in [7, 11) is 0. The molecule has 7 nitrogen and oxygen atoms in total. The lowest BCUT2D eigenvalue weighted by atomic mass is 10.1. The van der Waals surface area contributed by atoms with Gasteiger partial charge in [0.2, 0.25) is 11.5 Å². The topological polar surface area (TPSA) is 98.0 Å². The summed E-state index contributed by atoms with van der Waals surface area (Å²) in [5, 5.41) is 14.7. The quantitative estimate of drug-likeness (QED) is 0.677. The standard InChI is InChI=1S/C19H17NO6/c1-3-24-19(23)20-18-17(25-11(2)21)15(22)16(26-18)14-9-8-12-6-4-5-7-13(12)10-14/h4-10,22H,3H2,1-2H3,(H,20,23). The number of esters is 1. The van der Waals surface area contributed by atoms with Gasteiger partial charge in [0, 0.05) is 12.5 Å². The largest absolute Gasteiger partial charge is 0.502 e. The fourth-order valence-electron chi connectivity index (χ4n) is 2.51. The first-order valence-electron chi connectivity index (χ1n) is 7.96. The Labute approximate surface area is 149 Å². The molecule has 1 amide bonds. The maximum Gasteiger partial charge on any atom is 0.414 e. The van der Waals surface area contributed by atoms with Crippen molar-refractivity contribution in [1.82, 2.24) is 0 Å². The lowest BCUT2D eigenvalue weighted by Crippen LogP contribution is -2.14. The van der Waals surface area contributed by atoms with Gasteiger partial charge in [0.05, 0.1) is 6.61 Å². The number of hydrogen-bond acceptors (Lipinski definition) is 6. The van der Waals surface area contributed by atoms with Crippen molar-refractivity contribution in [2.24, 2.45) is 0 Å². The molecule has 1 heterocycles. The van der Waals surface area contributed by atoms with Crippen LogP contribution in [0.4, 0.5) is 10.7 Å². The Morgan fingerprint density at radius 2 is 1.88 bits per heavy atom. The van der Waals surface area contributed by atoms with E-state index >= 15 is 0 Å². The van der Waals surface area contributed by atoms with Gasteiger partial charge in [-0.05, 0) is 23.8 Å². The van der Waals surface area contributed by atoms with Gasteiger partial charge in [-0.2, -0.15) is 0 Å². The average Bonchev–Trinajstić information content (AvgIpc) is 2.90. The predicted molar refractivity (Wildman–Crippen MR) is 95.3 cm³/mol. The number of fused-ring (bicyclic) bond motifs is 1. The zero-order chi connectivity index (χ0) is 18.7. The lowest BCUT2D eigenvalue weighted by molar-refractivity contribution is -0.132. The average molecular weight is 355 g/mol. The highest BCUT2D eigenvalue weighted by atomic mass is 16.6. The SMILES string of the molecule is CCOC(=O)Nc1oc(-c2ccc3ccccc3c2)c(O)c1OC(C)=O. The second-order valence-electron chi connectivity index (χ2n) is 5.44. The molecule has 26 heavy (non-hydrogen) atoms. The summed E-state index contributed by atoms with van der Waals surface area (Å²) < 4.78 is 15.3. The first-order valence-corrected chi connectivity index (χ1v) is 7.96. The number of amides is 1. The summed E-state index contributed by atoms with van der Waals surface area (Å²) in [4.78, 5) is 23.0. The molecule has 0 aliphatic heterocycles. The maximum atomic E-state index is 11.7. The van der Waals surface area contributed by atoms with E-state index in [1.165, 1.54) is 6.92 Å². The molecule has 0 saturated heterocycles. The molecule has 2 N–H and O–H groups in total. The Balaban J connectivity index is 2.06. The Morgan fingerprint density at radius 3 is 2.58 bits per heavy atom. The molecule has 0 bridgehead atoms. The zero-order valence-electron chi connectivity index (χ0n) is 14.2. The molecule has 0 atom stereocenters. The number of furan rings is 1. The van der Waals surface area contributed by atoms with Gasteiger partial charge in [-0.25, -0.2) is 4.79 Å². The molecule has 0 radical (unpaired) electrons. The number of carbonyl (C=O) groups excluding carboxylic acids is 2. The molecule has 0 aliphatic carbocycles. The van der Waals surface area contributed by atoms with E-state index in [1.54, 1.807) is 13.0 Å². The molecule has 0 saturated carbocycles. The number of anilines is 1. The van der Waals surface area contributed by atoms with E-state index in [1.807, 2.05) is 36.4 Å². The van der Waals surface area contributed by atoms with Crippen molar-refractivity contribution >= 4 is 28.7 Å². The van der Waals surface area contributed by atoms with Gasteiger partial charge in [0.15, 0.2) is 5.76 Å². The first kappa shape index (κ1) is 17.3. The molecule has 0 unspecified atom stereocenters. The van der Waals surface area contributed by atoms with Crippen molar-refractivity contribution in [3.05, 3.63) is 42.5 Å². The number of rotatable bonds is 4. The Kier molecular flexibility index (Phi) is 4.79. The smallest absolute Gasteiger partial charge is 0.414 e. The van der Waals surface area contributed by atoms with Gasteiger partial charge in [0.1, 0.15) is 0 Å². The van der Waals surface area contributed by atoms with Crippen LogP contribution < -0.4 is 10.1 Å². The number of ether oxygens (including phenoxy) is 2. The van der Waals surface area contributed by atoms with E-state index in [-0.39, 0.29) is 29.8 Å². The number of aromatic hydroxyl groups is 1. The Hall–Kier alpha value is -3.48. The van der Waals surface area contributed by atoms with Gasteiger partial charge in [-0.1, -0.05) is 36.4 Å². The van der Waals surface area contributed by atoms with E-state index in [4.69, 9.17) is 13.9 Å². The minimum absolute atomic E-state index is 0.0683. The van der Waals surface area contributed by atoms with Gasteiger partial charge in [-0.3, -0.25) is 10.1 Å². The number of carbonyl (C=O) groups is 2. The molecule has 0 aliphatic rings. The molecule has 0 fully saturated rings. The third-order valence-corrected chi connectivity index (χ3v) is 3.59. The molecule has 3 aromatic rings. The molecule has 7 heteroatoms. The van der Waals surface area contributed by atoms with Crippen LogP contribution >= 0.6 is 0 Å². The molecular formula is C19H17NO6. The fourth-order valence-corrected chi connectivity index (χ4v) is 2.51. The molecule has 134 valence electrons. The van der Waals surface area contributed by atoms with Crippen LogP contribution in [-0.2, 0) is 9.53 Å². The van der Waals surface area contributed by atoms with Crippen LogP contribution in [0.15, 0.2) is 46.9 Å². The van der Waals surface area contributed by atoms with Crippen LogP contribution in [0.25, 0.3) is 22.1 Å². The molecular weight excluding hydrogens is 338 g/mol.